The minimum absolute atomic E-state index is 0.0564. The highest BCUT2D eigenvalue weighted by Crippen LogP contribution is 2.27. The lowest BCUT2D eigenvalue weighted by Gasteiger charge is -2.30. The van der Waals surface area contributed by atoms with Gasteiger partial charge in [0.25, 0.3) is 5.56 Å². The van der Waals surface area contributed by atoms with Crippen LogP contribution >= 0.6 is 0 Å². The molecule has 0 amide bonds. The summed E-state index contributed by atoms with van der Waals surface area (Å²) in [6.45, 7) is 6.03. The Morgan fingerprint density at radius 3 is 2.38 bits per heavy atom. The van der Waals surface area contributed by atoms with Gasteiger partial charge in [0.15, 0.2) is 5.82 Å². The number of hydrogen-bond acceptors (Lipinski definition) is 5. The summed E-state index contributed by atoms with van der Waals surface area (Å²) in [4.78, 5) is 18.5. The van der Waals surface area contributed by atoms with Crippen molar-refractivity contribution in [2.24, 2.45) is 0 Å². The number of benzene rings is 3. The minimum Gasteiger partial charge on any atom is -0.322 e. The van der Waals surface area contributed by atoms with E-state index in [1.807, 2.05) is 48.0 Å². The second-order valence-corrected chi connectivity index (χ2v) is 9.52. The largest absolute Gasteiger partial charge is 0.322 e. The van der Waals surface area contributed by atoms with Crippen LogP contribution in [0.1, 0.15) is 47.5 Å². The number of fused-ring (bicyclic) bond motifs is 1. The zero-order chi connectivity index (χ0) is 25.6. The number of hydrogen-bond donors (Lipinski definition) is 1. The molecule has 0 radical (unpaired) electrons. The van der Waals surface area contributed by atoms with Gasteiger partial charge in [0.1, 0.15) is 0 Å². The Morgan fingerprint density at radius 2 is 1.65 bits per heavy atom. The maximum Gasteiger partial charge on any atom is 0.252 e. The van der Waals surface area contributed by atoms with Gasteiger partial charge in [-0.25, -0.2) is 4.68 Å². The number of pyridine rings is 1. The van der Waals surface area contributed by atoms with Crippen LogP contribution in [0.3, 0.4) is 0 Å². The Hall–Kier alpha value is -4.10. The van der Waals surface area contributed by atoms with Crippen molar-refractivity contribution < 1.29 is 0 Å². The number of H-pyrrole nitrogens is 1. The summed E-state index contributed by atoms with van der Waals surface area (Å²) in [5.74, 6) is 0.821. The summed E-state index contributed by atoms with van der Waals surface area (Å²) in [7, 11) is 0. The summed E-state index contributed by atoms with van der Waals surface area (Å²) < 4.78 is 1.91. The molecule has 188 valence electrons. The third-order valence-corrected chi connectivity index (χ3v) is 6.82. The van der Waals surface area contributed by atoms with Crippen LogP contribution in [-0.2, 0) is 26.1 Å². The molecular formula is C30H32N6O. The number of aromatic amines is 1. The molecule has 0 aliphatic carbocycles. The Labute approximate surface area is 216 Å². The number of tetrazole rings is 1. The molecule has 0 aliphatic heterocycles. The van der Waals surface area contributed by atoms with Crippen LogP contribution in [0.4, 0.5) is 0 Å². The number of nitrogens with zero attached hydrogens (tertiary/aromatic N) is 5. The van der Waals surface area contributed by atoms with E-state index in [0.717, 1.165) is 40.7 Å². The van der Waals surface area contributed by atoms with Gasteiger partial charge in [-0.2, -0.15) is 0 Å². The zero-order valence-electron chi connectivity index (χ0n) is 21.3. The van der Waals surface area contributed by atoms with E-state index in [2.05, 4.69) is 80.9 Å². The van der Waals surface area contributed by atoms with E-state index in [0.29, 0.717) is 19.6 Å². The number of aromatic nitrogens is 5. The predicted octanol–water partition coefficient (Wildman–Crippen LogP) is 5.22. The maximum atomic E-state index is 13.1. The first-order valence-corrected chi connectivity index (χ1v) is 12.8. The molecule has 37 heavy (non-hydrogen) atoms. The molecule has 5 aromatic rings. The molecule has 3 aromatic carbocycles. The molecule has 0 unspecified atom stereocenters. The molecule has 7 nitrogen and oxygen atoms in total. The summed E-state index contributed by atoms with van der Waals surface area (Å²) in [5.41, 5.74) is 5.08. The molecule has 0 fully saturated rings. The lowest BCUT2D eigenvalue weighted by Crippen LogP contribution is -2.32. The molecule has 1 N–H and O–H groups in total. The first kappa shape index (κ1) is 24.6. The van der Waals surface area contributed by atoms with E-state index in [-0.39, 0.29) is 11.6 Å². The molecule has 2 heterocycles. The van der Waals surface area contributed by atoms with E-state index in [1.54, 1.807) is 0 Å². The standard InChI is InChI=1S/C30H32N6O/c1-3-28(29-32-33-34-36(29)17-16-23-10-6-4-7-11-23)35(20-24-12-8-5-9-13-24)21-26-19-25-15-14-22(2)18-27(25)31-30(26)37/h4-15,18-19,28H,3,16-17,20-21H2,1-2H3,(H,31,37)/t28-/m0/s1. The summed E-state index contributed by atoms with van der Waals surface area (Å²) >= 11 is 0. The van der Waals surface area contributed by atoms with Crippen molar-refractivity contribution in [1.29, 1.82) is 0 Å². The SMILES string of the molecule is CC[C@@H](c1nnnn1CCc1ccccc1)N(Cc1ccccc1)Cc1cc2ccc(C)cc2[nH]c1=O. The fourth-order valence-electron chi connectivity index (χ4n) is 4.88. The fraction of sp³-hybridized carbons (Fsp3) is 0.267. The van der Waals surface area contributed by atoms with Crippen LogP contribution in [0.25, 0.3) is 10.9 Å². The van der Waals surface area contributed by atoms with E-state index < -0.39 is 0 Å². The normalized spacial score (nSPS) is 12.3. The first-order valence-electron chi connectivity index (χ1n) is 12.8. The molecule has 0 aliphatic rings. The van der Waals surface area contributed by atoms with Crippen LogP contribution in [0.2, 0.25) is 0 Å². The van der Waals surface area contributed by atoms with Crippen molar-refractivity contribution in [1.82, 2.24) is 30.1 Å². The average Bonchev–Trinajstić information content (AvgIpc) is 3.38. The second kappa shape index (κ2) is 11.3. The molecule has 7 heteroatoms. The van der Waals surface area contributed by atoms with Gasteiger partial charge in [-0.15, -0.1) is 5.10 Å². The van der Waals surface area contributed by atoms with Gasteiger partial charge in [-0.3, -0.25) is 9.69 Å². The highest BCUT2D eigenvalue weighted by Gasteiger charge is 2.26. The molecule has 0 saturated heterocycles. The number of aryl methyl sites for hydroxylation is 3. The lowest BCUT2D eigenvalue weighted by atomic mass is 10.1. The summed E-state index contributed by atoms with van der Waals surface area (Å²) in [6, 6.07) is 28.8. The van der Waals surface area contributed by atoms with Gasteiger partial charge in [0.2, 0.25) is 0 Å². The van der Waals surface area contributed by atoms with Crippen LogP contribution in [-0.4, -0.2) is 30.1 Å². The van der Waals surface area contributed by atoms with E-state index in [4.69, 9.17) is 0 Å². The van der Waals surface area contributed by atoms with Crippen molar-refractivity contribution in [2.75, 3.05) is 0 Å². The zero-order valence-corrected chi connectivity index (χ0v) is 21.3. The maximum absolute atomic E-state index is 13.1. The Bertz CT molecular complexity index is 1510. The smallest absolute Gasteiger partial charge is 0.252 e. The van der Waals surface area contributed by atoms with E-state index in [1.165, 1.54) is 11.1 Å². The predicted molar refractivity (Wildman–Crippen MR) is 146 cm³/mol. The van der Waals surface area contributed by atoms with Gasteiger partial charge in [0.05, 0.1) is 6.04 Å². The summed E-state index contributed by atoms with van der Waals surface area (Å²) in [5, 5.41) is 13.8. The Kier molecular flexibility index (Phi) is 7.51. The van der Waals surface area contributed by atoms with Crippen molar-refractivity contribution in [3.05, 3.63) is 123 Å². The van der Waals surface area contributed by atoms with Crippen molar-refractivity contribution in [3.8, 4) is 0 Å². The molecule has 2 aromatic heterocycles. The molecule has 0 spiro atoms. The molecular weight excluding hydrogens is 460 g/mol. The highest BCUT2D eigenvalue weighted by molar-refractivity contribution is 5.79. The summed E-state index contributed by atoms with van der Waals surface area (Å²) in [6.07, 6.45) is 1.65. The van der Waals surface area contributed by atoms with Gasteiger partial charge >= 0.3 is 0 Å². The number of nitrogens with one attached hydrogen (secondary N) is 1. The third kappa shape index (κ3) is 5.84. The Morgan fingerprint density at radius 1 is 0.919 bits per heavy atom. The topological polar surface area (TPSA) is 79.7 Å². The highest BCUT2D eigenvalue weighted by atomic mass is 16.1. The average molecular weight is 493 g/mol. The van der Waals surface area contributed by atoms with Crippen LogP contribution in [0.15, 0.2) is 89.7 Å². The Balaban J connectivity index is 1.47. The van der Waals surface area contributed by atoms with Gasteiger partial charge < -0.3 is 4.98 Å². The van der Waals surface area contributed by atoms with E-state index >= 15 is 0 Å². The quantitative estimate of drug-likeness (QED) is 0.289. The van der Waals surface area contributed by atoms with Crippen LogP contribution in [0.5, 0.6) is 0 Å². The molecule has 0 bridgehead atoms. The van der Waals surface area contributed by atoms with E-state index in [9.17, 15) is 4.79 Å². The lowest BCUT2D eigenvalue weighted by molar-refractivity contribution is 0.160. The third-order valence-electron chi connectivity index (χ3n) is 6.82. The fourth-order valence-corrected chi connectivity index (χ4v) is 4.88. The van der Waals surface area contributed by atoms with Gasteiger partial charge in [-0.1, -0.05) is 79.7 Å². The molecule has 5 rings (SSSR count). The van der Waals surface area contributed by atoms with Crippen LogP contribution in [0, 0.1) is 6.92 Å². The van der Waals surface area contributed by atoms with Gasteiger partial charge in [-0.05, 0) is 64.4 Å². The molecule has 0 saturated carbocycles. The first-order chi connectivity index (χ1) is 18.1. The van der Waals surface area contributed by atoms with Crippen molar-refractivity contribution in [2.45, 2.75) is 52.4 Å². The number of rotatable bonds is 10. The monoisotopic (exact) mass is 492 g/mol. The second-order valence-electron chi connectivity index (χ2n) is 9.52. The van der Waals surface area contributed by atoms with Gasteiger partial charge in [0, 0.05) is 30.7 Å². The van der Waals surface area contributed by atoms with Crippen LogP contribution < -0.4 is 5.56 Å². The minimum atomic E-state index is -0.0605. The van der Waals surface area contributed by atoms with Crippen molar-refractivity contribution >= 4 is 10.9 Å². The van der Waals surface area contributed by atoms with Crippen molar-refractivity contribution in [3.63, 3.8) is 0 Å². The molecule has 1 atom stereocenters.